The summed E-state index contributed by atoms with van der Waals surface area (Å²) in [5, 5.41) is 4.20. The van der Waals surface area contributed by atoms with Gasteiger partial charge in [-0.2, -0.15) is 0 Å². The number of nitrogens with one attached hydrogen (secondary N) is 1. The maximum atomic E-state index is 14.6. The molecule has 5 rings (SSSR count). The Balaban J connectivity index is 1.62. The molecule has 0 fully saturated rings. The van der Waals surface area contributed by atoms with Crippen LogP contribution < -0.4 is 10.1 Å². The molecule has 2 aromatic carbocycles. The molecule has 0 aliphatic carbocycles. The smallest absolute Gasteiger partial charge is 0.163 e. The number of nitrogens with zero attached hydrogens (tertiary/aromatic N) is 4. The number of hydrogen-bond acceptors (Lipinski definition) is 6. The van der Waals surface area contributed by atoms with Gasteiger partial charge in [0.2, 0.25) is 0 Å². The molecule has 3 aromatic heterocycles. The third-order valence-corrected chi connectivity index (χ3v) is 5.26. The fraction of sp³-hybridized carbons (Fsp3) is 0.0769. The van der Waals surface area contributed by atoms with Gasteiger partial charge in [0.15, 0.2) is 5.82 Å². The van der Waals surface area contributed by atoms with Crippen molar-refractivity contribution in [1.82, 2.24) is 19.9 Å². The van der Waals surface area contributed by atoms with Crippen LogP contribution >= 0.6 is 0 Å². The Morgan fingerprint density at radius 1 is 0.909 bits per heavy atom. The Morgan fingerprint density at radius 2 is 1.85 bits per heavy atom. The highest BCUT2D eigenvalue weighted by molar-refractivity contribution is 5.93. The lowest BCUT2D eigenvalue weighted by Crippen LogP contribution is -2.05. The Hall–Kier alpha value is -4.39. The zero-order valence-corrected chi connectivity index (χ0v) is 17.9. The number of aromatic nitrogens is 4. The molecule has 162 valence electrons. The maximum Gasteiger partial charge on any atom is 0.163 e. The minimum Gasteiger partial charge on any atom is -0.497 e. The fourth-order valence-corrected chi connectivity index (χ4v) is 3.59. The molecule has 7 heteroatoms. The number of pyridine rings is 2. The van der Waals surface area contributed by atoms with E-state index in [1.165, 1.54) is 6.07 Å². The molecule has 0 saturated carbocycles. The van der Waals surface area contributed by atoms with Crippen molar-refractivity contribution >= 4 is 16.7 Å². The van der Waals surface area contributed by atoms with Crippen LogP contribution in [-0.4, -0.2) is 27.0 Å². The minimum absolute atomic E-state index is 0.329. The van der Waals surface area contributed by atoms with Crippen LogP contribution in [0.4, 0.5) is 10.2 Å². The highest BCUT2D eigenvalue weighted by atomic mass is 19.1. The van der Waals surface area contributed by atoms with Crippen LogP contribution in [0.2, 0.25) is 0 Å². The fourth-order valence-electron chi connectivity index (χ4n) is 3.59. The molecule has 0 atom stereocenters. The molecule has 0 spiro atoms. The largest absolute Gasteiger partial charge is 0.497 e. The van der Waals surface area contributed by atoms with Crippen LogP contribution in [0.3, 0.4) is 0 Å². The van der Waals surface area contributed by atoms with Gasteiger partial charge in [0.25, 0.3) is 0 Å². The van der Waals surface area contributed by atoms with E-state index in [2.05, 4.69) is 15.3 Å². The van der Waals surface area contributed by atoms with Crippen LogP contribution in [0.1, 0.15) is 5.69 Å². The molecule has 0 saturated heterocycles. The third kappa shape index (κ3) is 4.34. The summed E-state index contributed by atoms with van der Waals surface area (Å²) in [6, 6.07) is 19.8. The topological polar surface area (TPSA) is 72.8 Å². The highest BCUT2D eigenvalue weighted by Crippen LogP contribution is 2.32. The number of fused-ring (bicyclic) bond motifs is 1. The number of halogens is 1. The predicted octanol–water partition coefficient (Wildman–Crippen LogP) is 5.51. The minimum atomic E-state index is -0.329. The third-order valence-electron chi connectivity index (χ3n) is 5.26. The molecule has 3 heterocycles. The van der Waals surface area contributed by atoms with Crippen molar-refractivity contribution in [2.45, 2.75) is 6.54 Å². The number of rotatable bonds is 6. The first-order valence-electron chi connectivity index (χ1n) is 10.4. The molecule has 0 aliphatic heterocycles. The number of methoxy groups -OCH3 is 1. The monoisotopic (exact) mass is 437 g/mol. The summed E-state index contributed by atoms with van der Waals surface area (Å²) in [7, 11) is 1.56. The van der Waals surface area contributed by atoms with Crippen molar-refractivity contribution in [3.8, 4) is 28.3 Å². The van der Waals surface area contributed by atoms with Gasteiger partial charge in [-0.1, -0.05) is 12.1 Å². The first kappa shape index (κ1) is 20.5. The molecular formula is C26H20FN5O. The zero-order valence-electron chi connectivity index (χ0n) is 17.9. The van der Waals surface area contributed by atoms with Gasteiger partial charge in [0.1, 0.15) is 17.4 Å². The van der Waals surface area contributed by atoms with E-state index >= 15 is 0 Å². The molecule has 0 bridgehead atoms. The van der Waals surface area contributed by atoms with Gasteiger partial charge in [0, 0.05) is 35.1 Å². The highest BCUT2D eigenvalue weighted by Gasteiger charge is 2.13. The molecule has 6 nitrogen and oxygen atoms in total. The molecule has 0 radical (unpaired) electrons. The van der Waals surface area contributed by atoms with Gasteiger partial charge < -0.3 is 10.1 Å². The summed E-state index contributed by atoms with van der Waals surface area (Å²) in [5.74, 6) is 1.46. The predicted molar refractivity (Wildman–Crippen MR) is 126 cm³/mol. The summed E-state index contributed by atoms with van der Waals surface area (Å²) < 4.78 is 19.9. The zero-order chi connectivity index (χ0) is 22.6. The first-order valence-corrected chi connectivity index (χ1v) is 10.4. The van der Waals surface area contributed by atoms with E-state index < -0.39 is 0 Å². The van der Waals surface area contributed by atoms with Gasteiger partial charge in [0.05, 0.1) is 24.9 Å². The lowest BCUT2D eigenvalue weighted by atomic mass is 10.0. The molecule has 33 heavy (non-hydrogen) atoms. The van der Waals surface area contributed by atoms with E-state index in [1.54, 1.807) is 37.8 Å². The normalized spacial score (nSPS) is 10.8. The van der Waals surface area contributed by atoms with E-state index in [4.69, 9.17) is 14.7 Å². The van der Waals surface area contributed by atoms with Gasteiger partial charge in [-0.05, 0) is 60.2 Å². The molecule has 0 amide bonds. The van der Waals surface area contributed by atoms with E-state index in [-0.39, 0.29) is 5.82 Å². The van der Waals surface area contributed by atoms with Crippen LogP contribution in [0.15, 0.2) is 85.3 Å². The Morgan fingerprint density at radius 3 is 2.64 bits per heavy atom. The molecule has 5 aromatic rings. The summed E-state index contributed by atoms with van der Waals surface area (Å²) in [5.41, 5.74) is 3.51. The lowest BCUT2D eigenvalue weighted by Gasteiger charge is -2.13. The van der Waals surface area contributed by atoms with Crippen LogP contribution in [0, 0.1) is 5.82 Å². The Kier molecular flexibility index (Phi) is 5.59. The summed E-state index contributed by atoms with van der Waals surface area (Å²) in [6.07, 6.45) is 5.18. The Bertz CT molecular complexity index is 1410. The van der Waals surface area contributed by atoms with Crippen molar-refractivity contribution in [2.24, 2.45) is 0 Å². The van der Waals surface area contributed by atoms with Gasteiger partial charge in [-0.15, -0.1) is 0 Å². The number of benzene rings is 2. The van der Waals surface area contributed by atoms with Crippen LogP contribution in [0.25, 0.3) is 33.4 Å². The SMILES string of the molecule is COc1ccc(F)c(-c2ccc3c(NCc4ccccn4)nc(-c4cccnc4)nc3c2)c1. The van der Waals surface area contributed by atoms with E-state index in [9.17, 15) is 4.39 Å². The average Bonchev–Trinajstić information content (AvgIpc) is 2.88. The second-order valence-corrected chi connectivity index (χ2v) is 7.39. The van der Waals surface area contributed by atoms with Crippen molar-refractivity contribution in [3.05, 3.63) is 96.8 Å². The van der Waals surface area contributed by atoms with Crippen molar-refractivity contribution in [1.29, 1.82) is 0 Å². The molecular weight excluding hydrogens is 417 g/mol. The Labute approximate surface area is 190 Å². The van der Waals surface area contributed by atoms with Gasteiger partial charge in [-0.3, -0.25) is 9.97 Å². The van der Waals surface area contributed by atoms with E-state index in [0.717, 1.165) is 16.6 Å². The summed E-state index contributed by atoms with van der Waals surface area (Å²) in [4.78, 5) is 18.1. The standard InChI is InChI=1S/C26H20FN5O/c1-33-20-8-10-23(27)22(14-20)17-7-9-21-24(13-17)31-25(18-5-4-11-28-15-18)32-26(21)30-16-19-6-2-3-12-29-19/h2-15H,16H2,1H3,(H,30,31,32). The average molecular weight is 437 g/mol. The number of hydrogen-bond donors (Lipinski definition) is 1. The van der Waals surface area contributed by atoms with Crippen LogP contribution in [-0.2, 0) is 6.54 Å². The first-order chi connectivity index (χ1) is 16.2. The number of ether oxygens (including phenoxy) is 1. The summed E-state index contributed by atoms with van der Waals surface area (Å²) >= 11 is 0. The maximum absolute atomic E-state index is 14.6. The van der Waals surface area contributed by atoms with E-state index in [1.807, 2.05) is 48.5 Å². The molecule has 0 aliphatic rings. The van der Waals surface area contributed by atoms with Gasteiger partial charge >= 0.3 is 0 Å². The molecule has 1 N–H and O–H groups in total. The van der Waals surface area contributed by atoms with Crippen molar-refractivity contribution < 1.29 is 9.13 Å². The quantitative estimate of drug-likeness (QED) is 0.377. The van der Waals surface area contributed by atoms with Crippen molar-refractivity contribution in [2.75, 3.05) is 12.4 Å². The second kappa shape index (κ2) is 9.00. The van der Waals surface area contributed by atoms with Crippen molar-refractivity contribution in [3.63, 3.8) is 0 Å². The molecule has 0 unspecified atom stereocenters. The van der Waals surface area contributed by atoms with Crippen LogP contribution in [0.5, 0.6) is 5.75 Å². The van der Waals surface area contributed by atoms with Gasteiger partial charge in [-0.25, -0.2) is 14.4 Å². The lowest BCUT2D eigenvalue weighted by molar-refractivity contribution is 0.414. The second-order valence-electron chi connectivity index (χ2n) is 7.39. The number of anilines is 1. The van der Waals surface area contributed by atoms with E-state index in [0.29, 0.717) is 40.6 Å². The summed E-state index contributed by atoms with van der Waals surface area (Å²) in [6.45, 7) is 0.506.